The van der Waals surface area contributed by atoms with Crippen LogP contribution in [-0.2, 0) is 4.79 Å². The zero-order chi connectivity index (χ0) is 14.5. The molecular formula is C17H19NO2. The van der Waals surface area contributed by atoms with Crippen LogP contribution in [0.25, 0.3) is 11.1 Å². The van der Waals surface area contributed by atoms with Crippen molar-refractivity contribution in [3.8, 4) is 11.1 Å². The van der Waals surface area contributed by atoms with Gasteiger partial charge in [0.1, 0.15) is 6.04 Å². The molecular weight excluding hydrogens is 250 g/mol. The summed E-state index contributed by atoms with van der Waals surface area (Å²) in [6, 6.07) is 17.3. The standard InChI is InChI=1S/C17H19NO2/c1-12(2)16(17(19)20)18-15-10-8-14(9-11-15)13-6-4-3-5-7-13/h3-12,16,18H,1-2H3,(H,19,20). The molecule has 3 nitrogen and oxygen atoms in total. The highest BCUT2D eigenvalue weighted by Crippen LogP contribution is 2.22. The molecule has 0 saturated heterocycles. The van der Waals surface area contributed by atoms with Crippen molar-refractivity contribution in [2.24, 2.45) is 5.92 Å². The molecule has 2 aromatic rings. The third kappa shape index (κ3) is 3.38. The van der Waals surface area contributed by atoms with Gasteiger partial charge in [0.25, 0.3) is 0 Å². The summed E-state index contributed by atoms with van der Waals surface area (Å²) in [5.41, 5.74) is 3.09. The predicted octanol–water partition coefficient (Wildman–Crippen LogP) is 3.87. The first kappa shape index (κ1) is 14.1. The summed E-state index contributed by atoms with van der Waals surface area (Å²) in [5.74, 6) is -0.798. The van der Waals surface area contributed by atoms with Gasteiger partial charge in [-0.3, -0.25) is 0 Å². The van der Waals surface area contributed by atoms with Crippen molar-refractivity contribution in [2.75, 3.05) is 5.32 Å². The van der Waals surface area contributed by atoms with E-state index in [-0.39, 0.29) is 5.92 Å². The summed E-state index contributed by atoms with van der Waals surface area (Å²) in [7, 11) is 0. The molecule has 20 heavy (non-hydrogen) atoms. The molecule has 3 heteroatoms. The topological polar surface area (TPSA) is 49.3 Å². The minimum absolute atomic E-state index is 0.0290. The maximum atomic E-state index is 11.2. The lowest BCUT2D eigenvalue weighted by molar-refractivity contribution is -0.138. The molecule has 0 spiro atoms. The summed E-state index contributed by atoms with van der Waals surface area (Å²) >= 11 is 0. The zero-order valence-corrected chi connectivity index (χ0v) is 11.7. The summed E-state index contributed by atoms with van der Waals surface area (Å²) in [5, 5.41) is 12.2. The third-order valence-corrected chi connectivity index (χ3v) is 3.25. The Kier molecular flexibility index (Phi) is 4.41. The first-order chi connectivity index (χ1) is 9.58. The fraction of sp³-hybridized carbons (Fsp3) is 0.235. The Balaban J connectivity index is 2.14. The van der Waals surface area contributed by atoms with Crippen molar-refractivity contribution in [3.05, 3.63) is 54.6 Å². The molecule has 0 aliphatic rings. The van der Waals surface area contributed by atoms with Gasteiger partial charge >= 0.3 is 5.97 Å². The lowest BCUT2D eigenvalue weighted by Gasteiger charge is -2.19. The number of hydrogen-bond acceptors (Lipinski definition) is 2. The number of rotatable bonds is 5. The molecule has 0 aliphatic heterocycles. The fourth-order valence-corrected chi connectivity index (χ4v) is 2.08. The van der Waals surface area contributed by atoms with Gasteiger partial charge in [-0.1, -0.05) is 56.3 Å². The number of hydrogen-bond donors (Lipinski definition) is 2. The van der Waals surface area contributed by atoms with E-state index < -0.39 is 12.0 Å². The largest absolute Gasteiger partial charge is 0.480 e. The number of anilines is 1. The van der Waals surface area contributed by atoms with Crippen LogP contribution in [0.5, 0.6) is 0 Å². The summed E-state index contributed by atoms with van der Waals surface area (Å²) in [4.78, 5) is 11.2. The van der Waals surface area contributed by atoms with E-state index in [2.05, 4.69) is 17.4 Å². The third-order valence-electron chi connectivity index (χ3n) is 3.25. The van der Waals surface area contributed by atoms with Gasteiger partial charge in [0, 0.05) is 5.69 Å². The molecule has 2 N–H and O–H groups in total. The van der Waals surface area contributed by atoms with Gasteiger partial charge < -0.3 is 10.4 Å². The van der Waals surface area contributed by atoms with Crippen LogP contribution in [0.3, 0.4) is 0 Å². The van der Waals surface area contributed by atoms with Crippen molar-refractivity contribution >= 4 is 11.7 Å². The van der Waals surface area contributed by atoms with E-state index in [0.29, 0.717) is 0 Å². The summed E-state index contributed by atoms with van der Waals surface area (Å²) in [6.45, 7) is 3.79. The van der Waals surface area contributed by atoms with Crippen molar-refractivity contribution < 1.29 is 9.90 Å². The monoisotopic (exact) mass is 269 g/mol. The van der Waals surface area contributed by atoms with Crippen LogP contribution in [0.4, 0.5) is 5.69 Å². The maximum Gasteiger partial charge on any atom is 0.326 e. The van der Waals surface area contributed by atoms with Crippen LogP contribution in [0.2, 0.25) is 0 Å². The Morgan fingerprint density at radius 1 is 0.950 bits per heavy atom. The molecule has 0 bridgehead atoms. The molecule has 0 saturated carbocycles. The lowest BCUT2D eigenvalue weighted by Crippen LogP contribution is -2.34. The van der Waals surface area contributed by atoms with E-state index in [1.165, 1.54) is 0 Å². The second-order valence-electron chi connectivity index (χ2n) is 5.15. The average molecular weight is 269 g/mol. The molecule has 2 rings (SSSR count). The summed E-state index contributed by atoms with van der Waals surface area (Å²) < 4.78 is 0. The number of carboxylic acids is 1. The van der Waals surface area contributed by atoms with E-state index in [9.17, 15) is 9.90 Å². The van der Waals surface area contributed by atoms with Crippen molar-refractivity contribution in [2.45, 2.75) is 19.9 Å². The second-order valence-corrected chi connectivity index (χ2v) is 5.15. The van der Waals surface area contributed by atoms with Crippen LogP contribution in [-0.4, -0.2) is 17.1 Å². The lowest BCUT2D eigenvalue weighted by atomic mass is 10.0. The first-order valence-electron chi connectivity index (χ1n) is 6.73. The highest BCUT2D eigenvalue weighted by Gasteiger charge is 2.20. The van der Waals surface area contributed by atoms with Crippen molar-refractivity contribution in [1.29, 1.82) is 0 Å². The number of nitrogens with one attached hydrogen (secondary N) is 1. The molecule has 0 amide bonds. The maximum absolute atomic E-state index is 11.2. The molecule has 0 radical (unpaired) electrons. The number of carboxylic acid groups (broad SMARTS) is 1. The Morgan fingerprint density at radius 2 is 1.50 bits per heavy atom. The Bertz CT molecular complexity index is 561. The van der Waals surface area contributed by atoms with Crippen molar-refractivity contribution in [1.82, 2.24) is 0 Å². The van der Waals surface area contributed by atoms with Crippen LogP contribution in [0.1, 0.15) is 13.8 Å². The molecule has 104 valence electrons. The van der Waals surface area contributed by atoms with E-state index in [1.807, 2.05) is 56.3 Å². The Morgan fingerprint density at radius 3 is 2.00 bits per heavy atom. The molecule has 0 fully saturated rings. The van der Waals surface area contributed by atoms with Crippen molar-refractivity contribution in [3.63, 3.8) is 0 Å². The number of benzene rings is 2. The highest BCUT2D eigenvalue weighted by atomic mass is 16.4. The molecule has 0 heterocycles. The van der Waals surface area contributed by atoms with Gasteiger partial charge in [0.15, 0.2) is 0 Å². The van der Waals surface area contributed by atoms with Crippen LogP contribution >= 0.6 is 0 Å². The SMILES string of the molecule is CC(C)C(Nc1ccc(-c2ccccc2)cc1)C(=O)O. The fourth-order valence-electron chi connectivity index (χ4n) is 2.08. The second kappa shape index (κ2) is 6.24. The Hall–Kier alpha value is -2.29. The highest BCUT2D eigenvalue weighted by molar-refractivity contribution is 5.78. The average Bonchev–Trinajstić information content (AvgIpc) is 2.45. The van der Waals surface area contributed by atoms with Gasteiger partial charge in [0.05, 0.1) is 0 Å². The van der Waals surface area contributed by atoms with Crippen LogP contribution < -0.4 is 5.32 Å². The smallest absolute Gasteiger partial charge is 0.326 e. The molecule has 2 aromatic carbocycles. The van der Waals surface area contributed by atoms with Gasteiger partial charge in [-0.25, -0.2) is 4.79 Å². The zero-order valence-electron chi connectivity index (χ0n) is 11.7. The van der Waals surface area contributed by atoms with Crippen LogP contribution in [0, 0.1) is 5.92 Å². The number of carbonyl (C=O) groups is 1. The van der Waals surface area contributed by atoms with E-state index >= 15 is 0 Å². The molecule has 0 aromatic heterocycles. The van der Waals surface area contributed by atoms with E-state index in [1.54, 1.807) is 0 Å². The minimum atomic E-state index is -0.827. The van der Waals surface area contributed by atoms with Gasteiger partial charge in [-0.05, 0) is 29.2 Å². The molecule has 0 aliphatic carbocycles. The van der Waals surface area contributed by atoms with E-state index in [4.69, 9.17) is 0 Å². The minimum Gasteiger partial charge on any atom is -0.480 e. The van der Waals surface area contributed by atoms with E-state index in [0.717, 1.165) is 16.8 Å². The van der Waals surface area contributed by atoms with Gasteiger partial charge in [-0.15, -0.1) is 0 Å². The summed E-state index contributed by atoms with van der Waals surface area (Å²) in [6.07, 6.45) is 0. The molecule has 1 atom stereocenters. The van der Waals surface area contributed by atoms with Crippen LogP contribution in [0.15, 0.2) is 54.6 Å². The van der Waals surface area contributed by atoms with Gasteiger partial charge in [-0.2, -0.15) is 0 Å². The van der Waals surface area contributed by atoms with Gasteiger partial charge in [0.2, 0.25) is 0 Å². The predicted molar refractivity (Wildman–Crippen MR) is 81.8 cm³/mol. The number of aliphatic carboxylic acids is 1. The quantitative estimate of drug-likeness (QED) is 0.866. The molecule has 1 unspecified atom stereocenters. The Labute approximate surface area is 119 Å². The first-order valence-corrected chi connectivity index (χ1v) is 6.73. The normalized spacial score (nSPS) is 12.2.